The van der Waals surface area contributed by atoms with E-state index in [4.69, 9.17) is 35.5 Å². The molecule has 7 N–H and O–H groups in total. The molecule has 2 aliphatic heterocycles. The molecule has 17 nitrogen and oxygen atoms in total. The molecule has 0 unspecified atom stereocenters. The molecule has 0 bridgehead atoms. The summed E-state index contributed by atoms with van der Waals surface area (Å²) < 4.78 is 25.9. The van der Waals surface area contributed by atoms with Gasteiger partial charge in [0.25, 0.3) is 0 Å². The SMILES string of the molecule is C.CC.CC[C@@H]1OC[C@H](n2cnc3c(NC4CC4)nc(N)nc32)O1.Nc1nc(NC2CC2)c2ncn([C@H]3CO[C@@H](CO)O3)c2n1.[I][V][I]. The van der Waals surface area contributed by atoms with Crippen LogP contribution in [-0.4, -0.2) is 88.6 Å². The van der Waals surface area contributed by atoms with Crippen molar-refractivity contribution in [3.63, 3.8) is 0 Å². The molecule has 48 heavy (non-hydrogen) atoms. The Morgan fingerprint density at radius 2 is 1.23 bits per heavy atom. The first-order valence-corrected chi connectivity index (χ1v) is 24.5. The Labute approximate surface area is 308 Å². The number of ether oxygens (including phenoxy) is 4. The van der Waals surface area contributed by atoms with Crippen LogP contribution in [0.5, 0.6) is 0 Å². The van der Waals surface area contributed by atoms with Crippen molar-refractivity contribution in [1.29, 1.82) is 0 Å². The molecule has 2 saturated carbocycles. The second kappa shape index (κ2) is 18.4. The average Bonchev–Trinajstić information content (AvgIpc) is 3.79. The van der Waals surface area contributed by atoms with Crippen LogP contribution >= 0.6 is 40.0 Å². The number of nitrogens with one attached hydrogen (secondary N) is 2. The normalized spacial score (nSPS) is 22.8. The van der Waals surface area contributed by atoms with E-state index in [-0.39, 0.29) is 44.7 Å². The van der Waals surface area contributed by atoms with Gasteiger partial charge in [0.05, 0.1) is 32.5 Å². The van der Waals surface area contributed by atoms with Crippen LogP contribution in [0.25, 0.3) is 22.3 Å². The fourth-order valence-electron chi connectivity index (χ4n) is 4.82. The van der Waals surface area contributed by atoms with Crippen molar-refractivity contribution in [3.8, 4) is 0 Å². The molecule has 2 saturated heterocycles. The molecule has 4 atom stereocenters. The summed E-state index contributed by atoms with van der Waals surface area (Å²) in [5.74, 6) is 1.77. The van der Waals surface area contributed by atoms with Crippen molar-refractivity contribution in [2.75, 3.05) is 41.9 Å². The predicted molar refractivity (Wildman–Crippen MR) is 196 cm³/mol. The Hall–Kier alpha value is -1.86. The molecule has 0 radical (unpaired) electrons. The van der Waals surface area contributed by atoms with E-state index in [9.17, 15) is 0 Å². The molecule has 20 heteroatoms. The average molecular weight is 933 g/mol. The van der Waals surface area contributed by atoms with Gasteiger partial charge in [0, 0.05) is 12.1 Å². The standard InChI is InChI=1S/C13H18N6O2.C12H16N6O3.C2H6.CH4.2HI.V/c1-2-9-20-5-8(21-9)19-6-15-10-11(16-7-3-4-7)17-13(14)18-12(10)19;13-12-16-10(15-6-1-2-6)9-11(17-12)18(5-14-9)7-4-20-8(3-19)21-7;1-2;;;;/h6-9H,2-5H2,1H3,(H3,14,16,17,18);5-8,19H,1-4H2,(H3,13,15,16,17);1-2H3;1H4;2*1H;/q;;;;;;+2/p-2/t8-,9-;7-,8-;;;;;/m11...../s1. The van der Waals surface area contributed by atoms with Gasteiger partial charge in [-0.2, -0.15) is 19.9 Å². The Morgan fingerprint density at radius 1 is 0.812 bits per heavy atom. The van der Waals surface area contributed by atoms with E-state index in [1.807, 2.05) is 25.3 Å². The third kappa shape index (κ3) is 9.68. The number of aliphatic hydroxyl groups is 1. The topological polar surface area (TPSA) is 220 Å². The molecule has 2 aliphatic carbocycles. The van der Waals surface area contributed by atoms with Gasteiger partial charge in [0.1, 0.15) is 0 Å². The van der Waals surface area contributed by atoms with Crippen LogP contribution in [0.2, 0.25) is 0 Å². The Bertz CT molecular complexity index is 1490. The van der Waals surface area contributed by atoms with Crippen LogP contribution < -0.4 is 22.1 Å². The number of anilines is 4. The van der Waals surface area contributed by atoms with Crippen molar-refractivity contribution in [2.24, 2.45) is 0 Å². The first-order valence-electron chi connectivity index (χ1n) is 15.5. The molecule has 4 aromatic rings. The zero-order valence-corrected chi connectivity index (χ0v) is 32.0. The van der Waals surface area contributed by atoms with Gasteiger partial charge < -0.3 is 46.2 Å². The Morgan fingerprint density at radius 3 is 1.58 bits per heavy atom. The van der Waals surface area contributed by atoms with Crippen LogP contribution in [0.3, 0.4) is 0 Å². The van der Waals surface area contributed by atoms with Crippen molar-refractivity contribution >= 4 is 85.8 Å². The number of aliphatic hydroxyl groups excluding tert-OH is 1. The third-order valence-electron chi connectivity index (χ3n) is 7.28. The van der Waals surface area contributed by atoms with Gasteiger partial charge in [-0.05, 0) is 32.1 Å². The fraction of sp³-hybridized carbons (Fsp3) is 0.643. The Kier molecular flexibility index (Phi) is 14.9. The maximum atomic E-state index is 9.06. The zero-order chi connectivity index (χ0) is 33.5. The van der Waals surface area contributed by atoms with Crippen LogP contribution in [0, 0.1) is 0 Å². The quantitative estimate of drug-likeness (QED) is 0.153. The first-order chi connectivity index (χ1) is 22.9. The summed E-state index contributed by atoms with van der Waals surface area (Å²) >= 11 is 4.74. The van der Waals surface area contributed by atoms with E-state index in [0.717, 1.165) is 37.6 Å². The number of nitrogen functional groups attached to an aromatic ring is 2. The zero-order valence-electron chi connectivity index (χ0n) is 26.3. The molecule has 8 rings (SSSR count). The van der Waals surface area contributed by atoms with Crippen molar-refractivity contribution < 1.29 is 33.5 Å². The number of halogens is 2. The van der Waals surface area contributed by atoms with E-state index < -0.39 is 6.29 Å². The molecule has 6 heterocycles. The van der Waals surface area contributed by atoms with Gasteiger partial charge in [-0.1, -0.05) is 28.2 Å². The van der Waals surface area contributed by atoms with Gasteiger partial charge in [-0.15, -0.1) is 0 Å². The van der Waals surface area contributed by atoms with Crippen LogP contribution in [0.4, 0.5) is 23.5 Å². The van der Waals surface area contributed by atoms with Gasteiger partial charge in [-0.25, -0.2) is 9.97 Å². The molecule has 0 spiro atoms. The molecular weight excluding hydrogens is 889 g/mol. The minimum atomic E-state index is -0.615. The fourth-order valence-corrected chi connectivity index (χ4v) is 4.82. The summed E-state index contributed by atoms with van der Waals surface area (Å²) in [5.41, 5.74) is 14.3. The number of imidazole rings is 2. The summed E-state index contributed by atoms with van der Waals surface area (Å²) in [6, 6.07) is 0.917. The molecule has 4 aliphatic rings. The molecule has 0 aromatic carbocycles. The Balaban J connectivity index is 0.000000188. The molecular formula is C28H44I2N12O5V. The van der Waals surface area contributed by atoms with E-state index in [1.165, 1.54) is 0 Å². The minimum absolute atomic E-state index is 0. The van der Waals surface area contributed by atoms with Gasteiger partial charge in [-0.3, -0.25) is 9.13 Å². The monoisotopic (exact) mass is 933 g/mol. The molecule has 4 aromatic heterocycles. The summed E-state index contributed by atoms with van der Waals surface area (Å²) in [7, 11) is 0.628. The maximum absolute atomic E-state index is 9.06. The number of hydrogen-bond acceptors (Lipinski definition) is 15. The summed E-state index contributed by atoms with van der Waals surface area (Å²) in [6.45, 7) is 6.65. The number of rotatable bonds is 8. The van der Waals surface area contributed by atoms with Crippen molar-refractivity contribution in [2.45, 2.75) is 97.4 Å². The van der Waals surface area contributed by atoms with Gasteiger partial charge >= 0.3 is 49.4 Å². The third-order valence-corrected chi connectivity index (χ3v) is 7.28. The molecule has 0 amide bonds. The number of aromatic nitrogens is 8. The second-order valence-corrected chi connectivity index (χ2v) is 22.5. The van der Waals surface area contributed by atoms with Crippen LogP contribution in [0.15, 0.2) is 12.7 Å². The molecule has 4 fully saturated rings. The van der Waals surface area contributed by atoms with Crippen molar-refractivity contribution in [3.05, 3.63) is 12.7 Å². The van der Waals surface area contributed by atoms with Crippen LogP contribution in [0.1, 0.15) is 72.8 Å². The second-order valence-electron chi connectivity index (χ2n) is 10.7. The van der Waals surface area contributed by atoms with Crippen LogP contribution in [-0.2, 0) is 28.4 Å². The number of fused-ring (bicyclic) bond motifs is 2. The number of nitrogens with zero attached hydrogens (tertiary/aromatic N) is 8. The summed E-state index contributed by atoms with van der Waals surface area (Å²) in [6.07, 6.45) is 7.34. The number of nitrogens with two attached hydrogens (primary N) is 2. The van der Waals surface area contributed by atoms with E-state index >= 15 is 0 Å². The van der Waals surface area contributed by atoms with E-state index in [0.29, 0.717) is 63.2 Å². The van der Waals surface area contributed by atoms with Gasteiger partial charge in [0.15, 0.2) is 59.0 Å². The van der Waals surface area contributed by atoms with Crippen molar-refractivity contribution in [1.82, 2.24) is 39.0 Å². The van der Waals surface area contributed by atoms with Gasteiger partial charge in [0.2, 0.25) is 11.9 Å². The number of hydrogen-bond donors (Lipinski definition) is 5. The first kappa shape index (κ1) is 38.9. The predicted octanol–water partition coefficient (Wildman–Crippen LogP) is 4.54. The summed E-state index contributed by atoms with van der Waals surface area (Å²) in [4.78, 5) is 25.8. The molecule has 265 valence electrons. The summed E-state index contributed by atoms with van der Waals surface area (Å²) in [5, 5.41) is 15.7. The van der Waals surface area contributed by atoms with E-state index in [1.54, 1.807) is 17.2 Å². The van der Waals surface area contributed by atoms with E-state index in [2.05, 4.69) is 80.5 Å².